The minimum atomic E-state index is -0.535. The highest BCUT2D eigenvalue weighted by Gasteiger charge is 2.37. The second-order valence-corrected chi connectivity index (χ2v) is 12.6. The van der Waals surface area contributed by atoms with E-state index < -0.39 is 29.6 Å². The fourth-order valence-corrected chi connectivity index (χ4v) is 7.94. The van der Waals surface area contributed by atoms with Crippen molar-refractivity contribution in [3.05, 3.63) is 157 Å². The number of rotatable bonds is 2. The van der Waals surface area contributed by atoms with Crippen LogP contribution >= 0.6 is 0 Å². The molecule has 8 aromatic carbocycles. The molecule has 0 N–H and O–H groups in total. The Hall–Kier alpha value is -5.66. The van der Waals surface area contributed by atoms with Crippen molar-refractivity contribution in [2.45, 2.75) is 19.3 Å². The third kappa shape index (κ3) is 3.35. The molecular weight excluding hydrogens is 556 g/mol. The molecule has 10 rings (SSSR count). The van der Waals surface area contributed by atoms with E-state index in [0.717, 1.165) is 43.8 Å². The predicted molar refractivity (Wildman–Crippen MR) is 195 cm³/mol. The maximum Gasteiger partial charge on any atom is 0.136 e. The fourth-order valence-electron chi connectivity index (χ4n) is 7.94. The lowest BCUT2D eigenvalue weighted by Gasteiger charge is -2.26. The molecular formula is C45H30O. The number of hydrogen-bond donors (Lipinski definition) is 0. The third-order valence-electron chi connectivity index (χ3n) is 9.87. The minimum absolute atomic E-state index is 0.191. The van der Waals surface area contributed by atoms with Gasteiger partial charge in [0.25, 0.3) is 0 Å². The molecule has 0 saturated carbocycles. The van der Waals surface area contributed by atoms with Gasteiger partial charge in [-0.1, -0.05) is 141 Å². The van der Waals surface area contributed by atoms with Gasteiger partial charge in [0.15, 0.2) is 0 Å². The molecule has 0 atom stereocenters. The summed E-state index contributed by atoms with van der Waals surface area (Å²) in [6.07, 6.45) is 0. The Kier molecular flexibility index (Phi) is 3.79. The van der Waals surface area contributed by atoms with Crippen LogP contribution in [0.1, 0.15) is 35.9 Å². The van der Waals surface area contributed by atoms with Crippen LogP contribution in [0.5, 0.6) is 0 Å². The van der Waals surface area contributed by atoms with E-state index in [2.05, 4.69) is 26.0 Å². The first-order valence-corrected chi connectivity index (χ1v) is 15.5. The standard InChI is InChI=1S/C45H30O/c1-45(2)38-21-10-9-14-30(38)35-19-11-20-36(44(35)45)42-33-17-7-5-15-31(33)41(32-16-6-8-18-34(32)42)28-23-24-39-37(26-28)43-29-13-4-3-12-27(29)22-25-40(43)46-39/h3-26H,1-2H3/i5D,6D,7D,8D,15D,16D,17D,18D. The van der Waals surface area contributed by atoms with Gasteiger partial charge in [-0.2, -0.15) is 0 Å². The minimum Gasteiger partial charge on any atom is -0.456 e. The van der Waals surface area contributed by atoms with Crippen LogP contribution in [0.15, 0.2) is 150 Å². The van der Waals surface area contributed by atoms with Crippen LogP contribution in [-0.2, 0) is 5.41 Å². The summed E-state index contributed by atoms with van der Waals surface area (Å²) in [5, 5.41) is 4.48. The highest BCUT2D eigenvalue weighted by molar-refractivity contribution is 6.24. The Bertz CT molecular complexity index is 3090. The molecule has 1 heteroatoms. The zero-order valence-corrected chi connectivity index (χ0v) is 25.1. The molecule has 0 bridgehead atoms. The molecule has 0 radical (unpaired) electrons. The predicted octanol–water partition coefficient (Wildman–Crippen LogP) is 12.7. The summed E-state index contributed by atoms with van der Waals surface area (Å²) in [7, 11) is 0. The maximum absolute atomic E-state index is 9.50. The second kappa shape index (κ2) is 9.19. The molecule has 1 heterocycles. The van der Waals surface area contributed by atoms with Crippen molar-refractivity contribution < 1.29 is 15.4 Å². The molecule has 1 aliphatic rings. The van der Waals surface area contributed by atoms with Gasteiger partial charge in [-0.15, -0.1) is 0 Å². The van der Waals surface area contributed by atoms with Crippen molar-refractivity contribution in [3.63, 3.8) is 0 Å². The average molecular weight is 595 g/mol. The zero-order valence-electron chi connectivity index (χ0n) is 33.1. The zero-order chi connectivity index (χ0) is 37.5. The molecule has 0 saturated heterocycles. The summed E-state index contributed by atoms with van der Waals surface area (Å²) in [5.74, 6) is 0. The van der Waals surface area contributed by atoms with Gasteiger partial charge in [0, 0.05) is 16.2 Å². The fraction of sp³-hybridized carbons (Fsp3) is 0.0667. The first-order valence-electron chi connectivity index (χ1n) is 19.5. The normalized spacial score (nSPS) is 16.0. The van der Waals surface area contributed by atoms with Crippen molar-refractivity contribution in [3.8, 4) is 33.4 Å². The quantitative estimate of drug-likeness (QED) is 0.181. The Morgan fingerprint density at radius 2 is 1.15 bits per heavy atom. The topological polar surface area (TPSA) is 13.1 Å². The van der Waals surface area contributed by atoms with E-state index in [1.165, 1.54) is 0 Å². The molecule has 0 spiro atoms. The van der Waals surface area contributed by atoms with E-state index >= 15 is 0 Å². The lowest BCUT2D eigenvalue weighted by atomic mass is 9.77. The van der Waals surface area contributed by atoms with Gasteiger partial charge in [-0.05, 0) is 95.0 Å². The molecule has 1 nitrogen and oxygen atoms in total. The number of hydrogen-bond acceptors (Lipinski definition) is 1. The van der Waals surface area contributed by atoms with Gasteiger partial charge in [-0.25, -0.2) is 0 Å². The highest BCUT2D eigenvalue weighted by atomic mass is 16.3. The van der Waals surface area contributed by atoms with E-state index in [0.29, 0.717) is 33.4 Å². The van der Waals surface area contributed by atoms with Crippen LogP contribution in [0, 0.1) is 0 Å². The van der Waals surface area contributed by atoms with E-state index in [1.807, 2.05) is 84.9 Å². The monoisotopic (exact) mass is 594 g/mol. The Morgan fingerprint density at radius 3 is 1.93 bits per heavy atom. The van der Waals surface area contributed by atoms with Crippen LogP contribution < -0.4 is 0 Å². The van der Waals surface area contributed by atoms with Crippen LogP contribution in [0.25, 0.3) is 87.6 Å². The summed E-state index contributed by atoms with van der Waals surface area (Å²) < 4.78 is 79.9. The van der Waals surface area contributed by atoms with Crippen LogP contribution in [0.3, 0.4) is 0 Å². The van der Waals surface area contributed by atoms with E-state index in [4.69, 9.17) is 9.90 Å². The summed E-state index contributed by atoms with van der Waals surface area (Å²) in [5.41, 5.74) is 6.73. The Balaban J connectivity index is 1.45. The lowest BCUT2D eigenvalue weighted by Crippen LogP contribution is -2.16. The summed E-state index contributed by atoms with van der Waals surface area (Å²) in [6, 6.07) is 28.7. The molecule has 1 aromatic heterocycles. The van der Waals surface area contributed by atoms with Crippen molar-refractivity contribution in [1.82, 2.24) is 0 Å². The molecule has 0 aliphatic heterocycles. The lowest BCUT2D eigenvalue weighted by molar-refractivity contribution is 0.662. The van der Waals surface area contributed by atoms with Crippen LogP contribution in [-0.4, -0.2) is 0 Å². The van der Waals surface area contributed by atoms with E-state index in [-0.39, 0.29) is 45.7 Å². The summed E-state index contributed by atoms with van der Waals surface area (Å²) >= 11 is 0. The van der Waals surface area contributed by atoms with Gasteiger partial charge in [-0.3, -0.25) is 0 Å². The van der Waals surface area contributed by atoms with Crippen molar-refractivity contribution in [2.75, 3.05) is 0 Å². The van der Waals surface area contributed by atoms with Gasteiger partial charge < -0.3 is 4.42 Å². The molecule has 0 unspecified atom stereocenters. The highest BCUT2D eigenvalue weighted by Crippen LogP contribution is 2.54. The molecule has 46 heavy (non-hydrogen) atoms. The molecule has 0 amide bonds. The molecule has 0 fully saturated rings. The molecule has 9 aromatic rings. The third-order valence-corrected chi connectivity index (χ3v) is 9.87. The Morgan fingerprint density at radius 1 is 0.522 bits per heavy atom. The van der Waals surface area contributed by atoms with E-state index in [1.54, 1.807) is 0 Å². The van der Waals surface area contributed by atoms with Crippen LogP contribution in [0.4, 0.5) is 0 Å². The van der Waals surface area contributed by atoms with Crippen LogP contribution in [0.2, 0.25) is 0 Å². The molecule has 216 valence electrons. The first-order chi connectivity index (χ1) is 25.9. The maximum atomic E-state index is 9.50. The average Bonchev–Trinajstić information content (AvgIpc) is 3.68. The van der Waals surface area contributed by atoms with Gasteiger partial charge in [0.1, 0.15) is 11.2 Å². The first kappa shape index (κ1) is 19.0. The smallest absolute Gasteiger partial charge is 0.136 e. The SMILES string of the molecule is [2H]c1c([2H])c([2H])c2c(-c3cccc4c3C(C)(C)c3ccccc3-4)c3c([2H])c([2H])c([2H])c([2H])c3c(-c3ccc4oc5ccc6ccccc6c5c4c3)c2c1[2H]. The molecule has 1 aliphatic carbocycles. The van der Waals surface area contributed by atoms with Gasteiger partial charge in [0.2, 0.25) is 0 Å². The number of benzene rings is 8. The number of furan rings is 1. The van der Waals surface area contributed by atoms with Crippen molar-refractivity contribution in [1.29, 1.82) is 0 Å². The summed E-state index contributed by atoms with van der Waals surface area (Å²) in [6.45, 7) is 4.25. The second-order valence-electron chi connectivity index (χ2n) is 12.6. The van der Waals surface area contributed by atoms with Crippen molar-refractivity contribution >= 4 is 54.3 Å². The van der Waals surface area contributed by atoms with Gasteiger partial charge in [0.05, 0.1) is 11.0 Å². The Labute approximate surface area is 278 Å². The summed E-state index contributed by atoms with van der Waals surface area (Å²) in [4.78, 5) is 0. The van der Waals surface area contributed by atoms with E-state index in [9.17, 15) is 5.48 Å². The largest absolute Gasteiger partial charge is 0.456 e. The number of fused-ring (bicyclic) bond motifs is 10. The van der Waals surface area contributed by atoms with Gasteiger partial charge >= 0.3 is 0 Å². The van der Waals surface area contributed by atoms with Crippen molar-refractivity contribution in [2.24, 2.45) is 0 Å².